The molecule has 5 aromatic rings. The summed E-state index contributed by atoms with van der Waals surface area (Å²) in [6.07, 6.45) is 4.76. The summed E-state index contributed by atoms with van der Waals surface area (Å²) in [6, 6.07) is 18.1. The number of hydrogen-bond donors (Lipinski definition) is 3. The molecule has 1 spiro atoms. The number of carbonyl (C=O) groups is 3. The molecule has 8 rings (SSSR count). The van der Waals surface area contributed by atoms with E-state index in [-0.39, 0.29) is 41.1 Å². The maximum absolute atomic E-state index is 14.1. The molecule has 3 N–H and O–H groups in total. The Labute approximate surface area is 327 Å². The molecular formula is C44H53N7O5. The number of amides is 3. The number of fused-ring (bicyclic) bond motifs is 3. The third-order valence-electron chi connectivity index (χ3n) is 12.5. The molecule has 3 aliphatic heterocycles. The fourth-order valence-electron chi connectivity index (χ4n) is 8.87. The molecule has 12 nitrogen and oxygen atoms in total. The van der Waals surface area contributed by atoms with Crippen molar-refractivity contribution in [3.05, 3.63) is 72.4 Å². The second-order valence-electron chi connectivity index (χ2n) is 16.8. The molecule has 3 amide bonds. The number of methoxy groups -OCH3 is 1. The summed E-state index contributed by atoms with van der Waals surface area (Å²) in [6.45, 7) is 12.7. The van der Waals surface area contributed by atoms with Gasteiger partial charge in [-0.1, -0.05) is 77.1 Å². The van der Waals surface area contributed by atoms with Crippen LogP contribution in [0.1, 0.15) is 84.0 Å². The van der Waals surface area contributed by atoms with Gasteiger partial charge in [-0.25, -0.2) is 14.8 Å². The average Bonchev–Trinajstić information content (AvgIpc) is 4.06. The smallest absolute Gasteiger partial charge is 0.407 e. The third kappa shape index (κ3) is 6.93. The normalized spacial score (nSPS) is 22.2. The molecule has 0 unspecified atom stereocenters. The molecule has 0 aliphatic carbocycles. The summed E-state index contributed by atoms with van der Waals surface area (Å²) in [5.41, 5.74) is 5.79. The number of carbonyl (C=O) groups excluding carboxylic acids is 3. The van der Waals surface area contributed by atoms with Gasteiger partial charge in [0.1, 0.15) is 17.7 Å². The molecule has 0 bridgehead atoms. The summed E-state index contributed by atoms with van der Waals surface area (Å²) in [5, 5.41) is 4.90. The van der Waals surface area contributed by atoms with E-state index in [2.05, 4.69) is 77.7 Å². The van der Waals surface area contributed by atoms with Crippen molar-refractivity contribution in [3.63, 3.8) is 0 Å². The molecule has 12 heteroatoms. The molecule has 5 heterocycles. The van der Waals surface area contributed by atoms with Crippen molar-refractivity contribution in [2.24, 2.45) is 23.2 Å². The van der Waals surface area contributed by atoms with Crippen LogP contribution in [0.3, 0.4) is 0 Å². The fraction of sp³-hybridized carbons (Fsp3) is 0.477. The first-order valence-corrected chi connectivity index (χ1v) is 20.1. The number of imidazole rings is 2. The number of hydrogen-bond acceptors (Lipinski definition) is 7. The summed E-state index contributed by atoms with van der Waals surface area (Å²) >= 11 is 0. The highest BCUT2D eigenvalue weighted by Gasteiger charge is 2.51. The highest BCUT2D eigenvalue weighted by Crippen LogP contribution is 2.48. The van der Waals surface area contributed by atoms with Crippen LogP contribution in [0.2, 0.25) is 0 Å². The van der Waals surface area contributed by atoms with Crippen molar-refractivity contribution in [3.8, 4) is 22.4 Å². The second-order valence-corrected chi connectivity index (χ2v) is 16.8. The topological polar surface area (TPSA) is 146 Å². The van der Waals surface area contributed by atoms with E-state index in [0.717, 1.165) is 88.1 Å². The number of benzene rings is 3. The van der Waals surface area contributed by atoms with Gasteiger partial charge in [0, 0.05) is 36.4 Å². The Morgan fingerprint density at radius 1 is 0.893 bits per heavy atom. The molecular weight excluding hydrogens is 707 g/mol. The van der Waals surface area contributed by atoms with E-state index in [1.165, 1.54) is 7.11 Å². The molecule has 3 saturated heterocycles. The zero-order valence-corrected chi connectivity index (χ0v) is 33.2. The Hall–Kier alpha value is -5.23. The van der Waals surface area contributed by atoms with Crippen LogP contribution in [-0.2, 0) is 19.1 Å². The van der Waals surface area contributed by atoms with E-state index >= 15 is 0 Å². The van der Waals surface area contributed by atoms with E-state index in [1.54, 1.807) is 0 Å². The maximum Gasteiger partial charge on any atom is 0.407 e. The van der Waals surface area contributed by atoms with E-state index in [1.807, 2.05) is 42.8 Å². The van der Waals surface area contributed by atoms with E-state index in [0.29, 0.717) is 25.7 Å². The molecule has 56 heavy (non-hydrogen) atoms. The van der Waals surface area contributed by atoms with E-state index < -0.39 is 12.1 Å². The average molecular weight is 760 g/mol. The predicted octanol–water partition coefficient (Wildman–Crippen LogP) is 7.79. The van der Waals surface area contributed by atoms with Crippen molar-refractivity contribution in [2.75, 3.05) is 33.4 Å². The van der Waals surface area contributed by atoms with Crippen LogP contribution in [0, 0.1) is 23.2 Å². The van der Waals surface area contributed by atoms with Gasteiger partial charge in [-0.3, -0.25) is 9.59 Å². The quantitative estimate of drug-likeness (QED) is 0.139. The van der Waals surface area contributed by atoms with Gasteiger partial charge in [0.05, 0.1) is 48.7 Å². The minimum absolute atomic E-state index is 0.0159. The van der Waals surface area contributed by atoms with Crippen LogP contribution >= 0.6 is 0 Å². The minimum Gasteiger partial charge on any atom is -0.453 e. The van der Waals surface area contributed by atoms with E-state index in [9.17, 15) is 14.4 Å². The highest BCUT2D eigenvalue weighted by molar-refractivity contribution is 6.05. The predicted molar refractivity (Wildman–Crippen MR) is 215 cm³/mol. The number of nitrogens with one attached hydrogen (secondary N) is 3. The maximum atomic E-state index is 14.1. The number of H-pyrrole nitrogens is 2. The largest absolute Gasteiger partial charge is 0.453 e. The molecule has 2 aromatic heterocycles. The first-order chi connectivity index (χ1) is 26.9. The zero-order valence-electron chi connectivity index (χ0n) is 33.2. The monoisotopic (exact) mass is 759 g/mol. The number of aromatic nitrogens is 4. The Bertz CT molecular complexity index is 2250. The lowest BCUT2D eigenvalue weighted by Crippen LogP contribution is -2.51. The van der Waals surface area contributed by atoms with Gasteiger partial charge in [0.15, 0.2) is 0 Å². The molecule has 3 aromatic carbocycles. The standard InChI is InChI=1S/C44H53N7O5/c1-25(2)27(5)41(52)50-18-7-8-35(50)39-45-22-34(47-39)29-11-9-28(10-12-29)30-13-15-32-31(20-30)14-16-33-38(32)48-40(46-33)36-21-44(17-19-56-24-44)23-51(36)42(53)37(26(3)4)49-43(54)55-6/h9-16,20,22,25-27,35-37H,7-8,17-19,21,23-24H2,1-6H3,(H,45,47)(H,46,48)(H,49,54)/t27-,35-,36-,37-,44+/m0/s1. The van der Waals surface area contributed by atoms with Gasteiger partial charge in [-0.15, -0.1) is 0 Å². The van der Waals surface area contributed by atoms with Gasteiger partial charge in [-0.05, 0) is 71.7 Å². The Balaban J connectivity index is 1.03. The van der Waals surface area contributed by atoms with Crippen LogP contribution in [0.15, 0.2) is 60.8 Å². The van der Waals surface area contributed by atoms with Gasteiger partial charge in [0.25, 0.3) is 0 Å². The molecule has 0 saturated carbocycles. The minimum atomic E-state index is -0.727. The lowest BCUT2D eigenvalue weighted by Gasteiger charge is -2.30. The Kier molecular flexibility index (Phi) is 10.1. The Morgan fingerprint density at radius 3 is 2.38 bits per heavy atom. The number of likely N-dealkylation sites (tertiary alicyclic amines) is 2. The van der Waals surface area contributed by atoms with Crippen molar-refractivity contribution in [1.82, 2.24) is 35.1 Å². The third-order valence-corrected chi connectivity index (χ3v) is 12.5. The number of aromatic amines is 2. The lowest BCUT2D eigenvalue weighted by atomic mass is 9.85. The lowest BCUT2D eigenvalue weighted by molar-refractivity contribution is -0.137. The van der Waals surface area contributed by atoms with Crippen molar-refractivity contribution in [2.45, 2.75) is 78.4 Å². The van der Waals surface area contributed by atoms with Crippen LogP contribution in [0.4, 0.5) is 4.79 Å². The number of rotatable bonds is 9. The van der Waals surface area contributed by atoms with Crippen LogP contribution < -0.4 is 5.32 Å². The second kappa shape index (κ2) is 15.0. The molecule has 5 atom stereocenters. The van der Waals surface area contributed by atoms with Crippen molar-refractivity contribution < 1.29 is 23.9 Å². The van der Waals surface area contributed by atoms with Gasteiger partial charge >= 0.3 is 6.09 Å². The Morgan fingerprint density at radius 2 is 1.66 bits per heavy atom. The summed E-state index contributed by atoms with van der Waals surface area (Å²) < 4.78 is 10.7. The number of ether oxygens (including phenoxy) is 2. The van der Waals surface area contributed by atoms with Gasteiger partial charge in [-0.2, -0.15) is 0 Å². The van der Waals surface area contributed by atoms with Crippen molar-refractivity contribution >= 4 is 39.7 Å². The van der Waals surface area contributed by atoms with Gasteiger partial charge in [0.2, 0.25) is 11.8 Å². The molecule has 3 fully saturated rings. The molecule has 294 valence electrons. The first kappa shape index (κ1) is 37.7. The molecule has 3 aliphatic rings. The van der Waals surface area contributed by atoms with Crippen LogP contribution in [-0.4, -0.2) is 87.1 Å². The van der Waals surface area contributed by atoms with Crippen LogP contribution in [0.25, 0.3) is 44.2 Å². The zero-order chi connectivity index (χ0) is 39.3. The molecule has 0 radical (unpaired) electrons. The SMILES string of the molecule is COC(=O)N[C@H](C(=O)N1C[C@@]2(CCOC2)C[C@H]1c1nc2ccc3cc(-c4ccc(-c5cnc([C@@H]6CCCN6C(=O)[C@@H](C)C(C)C)[nH]5)cc4)ccc3c2[nH]1)C(C)C. The van der Waals surface area contributed by atoms with Crippen molar-refractivity contribution in [1.29, 1.82) is 0 Å². The first-order valence-electron chi connectivity index (χ1n) is 20.1. The highest BCUT2D eigenvalue weighted by atomic mass is 16.5. The van der Waals surface area contributed by atoms with E-state index in [4.69, 9.17) is 19.4 Å². The van der Waals surface area contributed by atoms with Gasteiger partial charge < -0.3 is 34.6 Å². The number of alkyl carbamates (subject to hydrolysis) is 1. The number of nitrogens with zero attached hydrogens (tertiary/aromatic N) is 4. The van der Waals surface area contributed by atoms with Crippen LogP contribution in [0.5, 0.6) is 0 Å². The summed E-state index contributed by atoms with van der Waals surface area (Å²) in [5.74, 6) is 1.81. The summed E-state index contributed by atoms with van der Waals surface area (Å²) in [4.78, 5) is 60.4. The summed E-state index contributed by atoms with van der Waals surface area (Å²) in [7, 11) is 1.31. The fourth-order valence-corrected chi connectivity index (χ4v) is 8.87.